The number of phenolic OH excluding ortho intramolecular Hbond substituents is 1. The molecule has 2 aromatic carbocycles. The summed E-state index contributed by atoms with van der Waals surface area (Å²) in [4.78, 5) is 13.1. The molecule has 0 bridgehead atoms. The molecule has 1 aromatic heterocycles. The molecule has 1 N–H and O–H groups in total. The summed E-state index contributed by atoms with van der Waals surface area (Å²) in [6.45, 7) is 4.44. The molecule has 7 heteroatoms. The highest BCUT2D eigenvalue weighted by Crippen LogP contribution is 2.27. The summed E-state index contributed by atoms with van der Waals surface area (Å²) in [6, 6.07) is 9.86. The van der Waals surface area contributed by atoms with Gasteiger partial charge in [-0.1, -0.05) is 0 Å². The second-order valence-electron chi connectivity index (χ2n) is 5.00. The standard InChI is InChI=1S/C17H17N3O4/c1-3-23-12-6-8-15(16(21)10-12)20-18-13-7-5-11(9-14(13)19-20)17(22)24-4-2/h5-10,21H,3-4H2,1-2H3. The van der Waals surface area contributed by atoms with E-state index >= 15 is 0 Å². The van der Waals surface area contributed by atoms with Crippen molar-refractivity contribution in [3.05, 3.63) is 42.0 Å². The first kappa shape index (κ1) is 15.8. The number of ether oxygens (including phenoxy) is 2. The molecule has 24 heavy (non-hydrogen) atoms. The Morgan fingerprint density at radius 1 is 1.08 bits per heavy atom. The van der Waals surface area contributed by atoms with Crippen LogP contribution in [-0.4, -0.2) is 39.3 Å². The number of fused-ring (bicyclic) bond motifs is 1. The monoisotopic (exact) mass is 327 g/mol. The largest absolute Gasteiger partial charge is 0.505 e. The molecule has 0 atom stereocenters. The predicted octanol–water partition coefficient (Wildman–Crippen LogP) is 2.70. The lowest BCUT2D eigenvalue weighted by Crippen LogP contribution is -2.04. The van der Waals surface area contributed by atoms with E-state index in [1.165, 1.54) is 10.9 Å². The third-order valence-electron chi connectivity index (χ3n) is 3.36. The molecule has 0 fully saturated rings. The van der Waals surface area contributed by atoms with Crippen LogP contribution in [0, 0.1) is 0 Å². The van der Waals surface area contributed by atoms with Crippen molar-refractivity contribution in [1.82, 2.24) is 15.0 Å². The van der Waals surface area contributed by atoms with Crippen molar-refractivity contribution in [2.75, 3.05) is 13.2 Å². The van der Waals surface area contributed by atoms with Crippen LogP contribution in [0.4, 0.5) is 0 Å². The molecular weight excluding hydrogens is 310 g/mol. The summed E-state index contributed by atoms with van der Waals surface area (Å²) in [6.07, 6.45) is 0. The van der Waals surface area contributed by atoms with E-state index in [2.05, 4.69) is 10.2 Å². The zero-order chi connectivity index (χ0) is 17.1. The van der Waals surface area contributed by atoms with Gasteiger partial charge in [-0.2, -0.15) is 0 Å². The molecule has 0 saturated heterocycles. The third-order valence-corrected chi connectivity index (χ3v) is 3.36. The second kappa shape index (κ2) is 6.57. The van der Waals surface area contributed by atoms with Crippen molar-refractivity contribution < 1.29 is 19.4 Å². The highest BCUT2D eigenvalue weighted by Gasteiger charge is 2.13. The van der Waals surface area contributed by atoms with Gasteiger partial charge < -0.3 is 14.6 Å². The fourth-order valence-electron chi connectivity index (χ4n) is 2.29. The van der Waals surface area contributed by atoms with Crippen LogP contribution in [-0.2, 0) is 4.74 Å². The highest BCUT2D eigenvalue weighted by molar-refractivity contribution is 5.93. The van der Waals surface area contributed by atoms with Gasteiger partial charge in [0, 0.05) is 6.07 Å². The fourth-order valence-corrected chi connectivity index (χ4v) is 2.29. The molecular formula is C17H17N3O4. The molecule has 0 amide bonds. The van der Waals surface area contributed by atoms with Gasteiger partial charge >= 0.3 is 5.97 Å². The Hall–Kier alpha value is -3.09. The van der Waals surface area contributed by atoms with Crippen molar-refractivity contribution in [3.8, 4) is 17.2 Å². The van der Waals surface area contributed by atoms with Gasteiger partial charge in [-0.05, 0) is 44.2 Å². The zero-order valence-electron chi connectivity index (χ0n) is 13.4. The maximum atomic E-state index is 11.8. The van der Waals surface area contributed by atoms with Gasteiger partial charge in [0.05, 0.1) is 18.8 Å². The third kappa shape index (κ3) is 3.01. The minimum absolute atomic E-state index is 0.00636. The Bertz CT molecular complexity index is 889. The van der Waals surface area contributed by atoms with E-state index in [4.69, 9.17) is 9.47 Å². The Labute approximate surface area is 138 Å². The van der Waals surface area contributed by atoms with E-state index in [-0.39, 0.29) is 5.75 Å². The fraction of sp³-hybridized carbons (Fsp3) is 0.235. The number of nitrogens with zero attached hydrogens (tertiary/aromatic N) is 3. The average Bonchev–Trinajstić information content (AvgIpc) is 2.98. The highest BCUT2D eigenvalue weighted by atomic mass is 16.5. The number of benzene rings is 2. The lowest BCUT2D eigenvalue weighted by molar-refractivity contribution is 0.0526. The summed E-state index contributed by atoms with van der Waals surface area (Å²) in [5, 5.41) is 18.8. The first-order valence-electron chi connectivity index (χ1n) is 7.62. The molecule has 3 aromatic rings. The molecule has 0 unspecified atom stereocenters. The number of aromatic hydroxyl groups is 1. The van der Waals surface area contributed by atoms with Gasteiger partial charge in [-0.25, -0.2) is 4.79 Å². The van der Waals surface area contributed by atoms with Crippen LogP contribution < -0.4 is 4.74 Å². The number of rotatable bonds is 5. The number of hydrogen-bond acceptors (Lipinski definition) is 6. The summed E-state index contributed by atoms with van der Waals surface area (Å²) in [5.74, 6) is 0.171. The summed E-state index contributed by atoms with van der Waals surface area (Å²) in [5.41, 5.74) is 1.98. The minimum Gasteiger partial charge on any atom is -0.505 e. The van der Waals surface area contributed by atoms with Crippen LogP contribution in [0.2, 0.25) is 0 Å². The van der Waals surface area contributed by atoms with Gasteiger partial charge in [0.1, 0.15) is 28.2 Å². The van der Waals surface area contributed by atoms with Crippen LogP contribution >= 0.6 is 0 Å². The average molecular weight is 327 g/mol. The zero-order valence-corrected chi connectivity index (χ0v) is 13.4. The van der Waals surface area contributed by atoms with Crippen LogP contribution in [0.1, 0.15) is 24.2 Å². The van der Waals surface area contributed by atoms with E-state index in [9.17, 15) is 9.90 Å². The minimum atomic E-state index is -0.405. The first-order chi connectivity index (χ1) is 11.6. The number of hydrogen-bond donors (Lipinski definition) is 1. The van der Waals surface area contributed by atoms with Crippen LogP contribution in [0.5, 0.6) is 11.5 Å². The molecule has 1 heterocycles. The lowest BCUT2D eigenvalue weighted by Gasteiger charge is -2.06. The predicted molar refractivity (Wildman–Crippen MR) is 87.7 cm³/mol. The van der Waals surface area contributed by atoms with Crippen molar-refractivity contribution in [3.63, 3.8) is 0 Å². The Balaban J connectivity index is 1.97. The van der Waals surface area contributed by atoms with E-state index in [0.29, 0.717) is 41.2 Å². The summed E-state index contributed by atoms with van der Waals surface area (Å²) < 4.78 is 10.3. The molecule has 0 radical (unpaired) electrons. The summed E-state index contributed by atoms with van der Waals surface area (Å²) >= 11 is 0. The maximum absolute atomic E-state index is 11.8. The van der Waals surface area contributed by atoms with Crippen molar-refractivity contribution in [2.45, 2.75) is 13.8 Å². The van der Waals surface area contributed by atoms with Gasteiger partial charge in [0.25, 0.3) is 0 Å². The van der Waals surface area contributed by atoms with E-state index < -0.39 is 5.97 Å². The number of carbonyl (C=O) groups is 1. The normalized spacial score (nSPS) is 10.8. The first-order valence-corrected chi connectivity index (χ1v) is 7.62. The van der Waals surface area contributed by atoms with Crippen LogP contribution in [0.25, 0.3) is 16.7 Å². The van der Waals surface area contributed by atoms with E-state index in [1.807, 2.05) is 6.92 Å². The lowest BCUT2D eigenvalue weighted by atomic mass is 10.2. The number of esters is 1. The molecule has 0 spiro atoms. The van der Waals surface area contributed by atoms with E-state index in [0.717, 1.165) is 0 Å². The Morgan fingerprint density at radius 3 is 2.58 bits per heavy atom. The van der Waals surface area contributed by atoms with Crippen molar-refractivity contribution >= 4 is 17.0 Å². The molecule has 0 aliphatic rings. The molecule has 0 aliphatic heterocycles. The molecule has 7 nitrogen and oxygen atoms in total. The number of aromatic nitrogens is 3. The quantitative estimate of drug-likeness (QED) is 0.725. The van der Waals surface area contributed by atoms with Crippen LogP contribution in [0.15, 0.2) is 36.4 Å². The van der Waals surface area contributed by atoms with Gasteiger partial charge in [-0.15, -0.1) is 15.0 Å². The second-order valence-corrected chi connectivity index (χ2v) is 5.00. The molecule has 0 saturated carbocycles. The van der Waals surface area contributed by atoms with Crippen molar-refractivity contribution in [2.24, 2.45) is 0 Å². The number of carbonyl (C=O) groups excluding carboxylic acids is 1. The van der Waals surface area contributed by atoms with Crippen LogP contribution in [0.3, 0.4) is 0 Å². The Kier molecular flexibility index (Phi) is 4.33. The topological polar surface area (TPSA) is 86.5 Å². The van der Waals surface area contributed by atoms with Crippen molar-refractivity contribution in [1.29, 1.82) is 0 Å². The van der Waals surface area contributed by atoms with E-state index in [1.54, 1.807) is 37.3 Å². The SMILES string of the molecule is CCOC(=O)c1ccc2nn(-c3ccc(OCC)cc3O)nc2c1. The maximum Gasteiger partial charge on any atom is 0.338 e. The molecule has 124 valence electrons. The number of phenols is 1. The molecule has 3 rings (SSSR count). The van der Waals surface area contributed by atoms with Gasteiger partial charge in [0.15, 0.2) is 0 Å². The Morgan fingerprint density at radius 2 is 1.88 bits per heavy atom. The smallest absolute Gasteiger partial charge is 0.338 e. The van der Waals surface area contributed by atoms with Gasteiger partial charge in [0.2, 0.25) is 0 Å². The van der Waals surface area contributed by atoms with Gasteiger partial charge in [-0.3, -0.25) is 0 Å². The summed E-state index contributed by atoms with van der Waals surface area (Å²) in [7, 11) is 0. The molecule has 0 aliphatic carbocycles.